The summed E-state index contributed by atoms with van der Waals surface area (Å²) in [5.74, 6) is -3.77. The molecule has 0 heterocycles. The summed E-state index contributed by atoms with van der Waals surface area (Å²) < 4.78 is 71.8. The van der Waals surface area contributed by atoms with Crippen LogP contribution in [-0.2, 0) is 24.9 Å². The van der Waals surface area contributed by atoms with Gasteiger partial charge in [-0.1, -0.05) is 13.8 Å². The van der Waals surface area contributed by atoms with Crippen LogP contribution in [0.15, 0.2) is 0 Å². The molecule has 0 bridgehead atoms. The van der Waals surface area contributed by atoms with Gasteiger partial charge in [-0.15, -0.1) is 0 Å². The number of nitrogens with one attached hydrogen (secondary N) is 1. The number of hydrogen-bond acceptors (Lipinski definition) is 5. The van der Waals surface area contributed by atoms with E-state index in [0.717, 1.165) is 27.2 Å². The van der Waals surface area contributed by atoms with Crippen LogP contribution in [0.25, 0.3) is 0 Å². The first-order chi connectivity index (χ1) is 11.4. The van der Waals surface area contributed by atoms with Gasteiger partial charge in [0.1, 0.15) is 10.5 Å². The SMILES string of the molecule is CC1(C)CCC(=O)C2(CS(=O)(=O)NC(C)(F)C(C)(C)S(=O)(=O)O)CCC12. The van der Waals surface area contributed by atoms with Gasteiger partial charge < -0.3 is 0 Å². The van der Waals surface area contributed by atoms with Crippen molar-refractivity contribution in [2.24, 2.45) is 16.7 Å². The predicted molar refractivity (Wildman–Crippen MR) is 95.2 cm³/mol. The number of carbonyl (C=O) groups is 1. The van der Waals surface area contributed by atoms with Crippen LogP contribution >= 0.6 is 0 Å². The fraction of sp³-hybridized carbons (Fsp3) is 0.938. The van der Waals surface area contributed by atoms with Crippen molar-refractivity contribution >= 4 is 25.9 Å². The molecule has 152 valence electrons. The number of carbonyl (C=O) groups excluding carboxylic acids is 1. The van der Waals surface area contributed by atoms with Gasteiger partial charge in [0.15, 0.2) is 5.79 Å². The minimum Gasteiger partial charge on any atom is -0.299 e. The molecular formula is C16H28FNO6S2. The lowest BCUT2D eigenvalue weighted by atomic mass is 9.46. The number of ketones is 1. The number of Topliss-reactive ketones (excluding diaryl/α,β-unsaturated/α-hetero) is 1. The Morgan fingerprint density at radius 2 is 1.73 bits per heavy atom. The van der Waals surface area contributed by atoms with E-state index < -0.39 is 41.8 Å². The van der Waals surface area contributed by atoms with Crippen molar-refractivity contribution < 1.29 is 30.6 Å². The Morgan fingerprint density at radius 1 is 1.19 bits per heavy atom. The smallest absolute Gasteiger partial charge is 0.274 e. The van der Waals surface area contributed by atoms with E-state index in [1.165, 1.54) is 0 Å². The minimum absolute atomic E-state index is 0.103. The lowest BCUT2D eigenvalue weighted by Gasteiger charge is -2.58. The van der Waals surface area contributed by atoms with E-state index in [1.807, 2.05) is 13.8 Å². The summed E-state index contributed by atoms with van der Waals surface area (Å²) in [5.41, 5.74) is -1.24. The average Bonchev–Trinajstić information content (AvgIpc) is 2.36. The number of halogens is 1. The first kappa shape index (κ1) is 21.7. The maximum absolute atomic E-state index is 15.0. The molecule has 0 spiro atoms. The Bertz CT molecular complexity index is 816. The van der Waals surface area contributed by atoms with Gasteiger partial charge in [0.25, 0.3) is 10.1 Å². The summed E-state index contributed by atoms with van der Waals surface area (Å²) in [7, 11) is -9.20. The van der Waals surface area contributed by atoms with Crippen LogP contribution in [0.1, 0.15) is 60.3 Å². The molecule has 2 rings (SSSR count). The average molecular weight is 414 g/mol. The molecule has 0 amide bonds. The molecule has 0 aromatic carbocycles. The molecular weight excluding hydrogens is 385 g/mol. The second-order valence-corrected chi connectivity index (χ2v) is 12.7. The quantitative estimate of drug-likeness (QED) is 0.508. The fourth-order valence-electron chi connectivity index (χ4n) is 4.25. The third-order valence-electron chi connectivity index (χ3n) is 6.61. The van der Waals surface area contributed by atoms with Crippen LogP contribution in [0.4, 0.5) is 4.39 Å². The predicted octanol–water partition coefficient (Wildman–Crippen LogP) is 2.04. The molecule has 7 nitrogen and oxygen atoms in total. The van der Waals surface area contributed by atoms with Gasteiger partial charge in [-0.2, -0.15) is 13.1 Å². The molecule has 0 aromatic rings. The van der Waals surface area contributed by atoms with Crippen LogP contribution in [0.3, 0.4) is 0 Å². The zero-order valence-corrected chi connectivity index (χ0v) is 17.4. The molecule has 10 heteroatoms. The van der Waals surface area contributed by atoms with E-state index in [4.69, 9.17) is 0 Å². The van der Waals surface area contributed by atoms with Crippen molar-refractivity contribution in [2.45, 2.75) is 70.8 Å². The Balaban J connectivity index is 2.31. The van der Waals surface area contributed by atoms with Crippen LogP contribution in [0.2, 0.25) is 0 Å². The molecule has 2 saturated carbocycles. The van der Waals surface area contributed by atoms with Gasteiger partial charge in [0.2, 0.25) is 10.0 Å². The highest BCUT2D eigenvalue weighted by molar-refractivity contribution is 7.90. The Hall–Kier alpha value is -0.580. The van der Waals surface area contributed by atoms with Crippen molar-refractivity contribution in [1.82, 2.24) is 4.72 Å². The molecule has 2 N–H and O–H groups in total. The van der Waals surface area contributed by atoms with E-state index in [2.05, 4.69) is 0 Å². The van der Waals surface area contributed by atoms with Crippen molar-refractivity contribution in [3.8, 4) is 0 Å². The second kappa shape index (κ2) is 5.96. The van der Waals surface area contributed by atoms with E-state index in [0.29, 0.717) is 12.8 Å². The van der Waals surface area contributed by atoms with Gasteiger partial charge in [0, 0.05) is 11.8 Å². The van der Waals surface area contributed by atoms with Crippen LogP contribution in [0.5, 0.6) is 0 Å². The third-order valence-corrected chi connectivity index (χ3v) is 9.87. The molecule has 2 aliphatic carbocycles. The summed E-state index contributed by atoms with van der Waals surface area (Å²) in [5, 5.41) is 0. The molecule has 0 radical (unpaired) electrons. The maximum atomic E-state index is 15.0. The Labute approximate surface area is 154 Å². The first-order valence-electron chi connectivity index (χ1n) is 8.59. The maximum Gasteiger partial charge on any atom is 0.274 e. The van der Waals surface area contributed by atoms with Crippen LogP contribution in [-0.4, -0.2) is 43.5 Å². The first-order valence-corrected chi connectivity index (χ1v) is 11.7. The van der Waals surface area contributed by atoms with E-state index in [1.54, 1.807) is 4.72 Å². The molecule has 0 aromatic heterocycles. The molecule has 0 aliphatic heterocycles. The Morgan fingerprint density at radius 3 is 2.15 bits per heavy atom. The van der Waals surface area contributed by atoms with Gasteiger partial charge in [-0.3, -0.25) is 9.35 Å². The van der Waals surface area contributed by atoms with Crippen molar-refractivity contribution in [1.29, 1.82) is 0 Å². The molecule has 2 fully saturated rings. The zero-order valence-electron chi connectivity index (χ0n) is 15.8. The highest BCUT2D eigenvalue weighted by atomic mass is 32.2. The van der Waals surface area contributed by atoms with Crippen molar-refractivity contribution in [2.75, 3.05) is 5.75 Å². The molecule has 0 saturated heterocycles. The summed E-state index contributed by atoms with van der Waals surface area (Å²) >= 11 is 0. The second-order valence-electron chi connectivity index (χ2n) is 9.01. The number of fused-ring (bicyclic) bond motifs is 1. The van der Waals surface area contributed by atoms with E-state index >= 15 is 0 Å². The normalized spacial score (nSPS) is 31.7. The van der Waals surface area contributed by atoms with E-state index in [9.17, 15) is 30.6 Å². The van der Waals surface area contributed by atoms with E-state index in [-0.39, 0.29) is 23.5 Å². The van der Waals surface area contributed by atoms with Crippen LogP contribution < -0.4 is 4.72 Å². The minimum atomic E-state index is -4.88. The van der Waals surface area contributed by atoms with Crippen molar-refractivity contribution in [3.05, 3.63) is 0 Å². The summed E-state index contributed by atoms with van der Waals surface area (Å²) in [6.07, 6.45) is 2.12. The summed E-state index contributed by atoms with van der Waals surface area (Å²) in [6.45, 7) is 6.53. The number of alkyl halides is 1. The zero-order chi connectivity index (χ0) is 20.4. The third kappa shape index (κ3) is 3.33. The number of rotatable bonds is 6. The van der Waals surface area contributed by atoms with Gasteiger partial charge in [-0.05, 0) is 51.4 Å². The van der Waals surface area contributed by atoms with Gasteiger partial charge in [-0.25, -0.2) is 12.8 Å². The topological polar surface area (TPSA) is 118 Å². The van der Waals surface area contributed by atoms with Gasteiger partial charge >= 0.3 is 0 Å². The van der Waals surface area contributed by atoms with Gasteiger partial charge in [0.05, 0.1) is 5.75 Å². The molecule has 2 aliphatic rings. The molecule has 3 atom stereocenters. The largest absolute Gasteiger partial charge is 0.299 e. The lowest BCUT2D eigenvalue weighted by Crippen LogP contribution is -2.64. The Kier molecular flexibility index (Phi) is 4.98. The lowest BCUT2D eigenvalue weighted by molar-refractivity contribution is -0.153. The molecule has 26 heavy (non-hydrogen) atoms. The number of sulfonamides is 1. The van der Waals surface area contributed by atoms with Crippen LogP contribution in [0, 0.1) is 16.7 Å². The highest BCUT2D eigenvalue weighted by Gasteiger charge is 2.62. The highest BCUT2D eigenvalue weighted by Crippen LogP contribution is 2.61. The fourth-order valence-corrected chi connectivity index (χ4v) is 6.95. The summed E-state index contributed by atoms with van der Waals surface area (Å²) in [6, 6.07) is 0. The summed E-state index contributed by atoms with van der Waals surface area (Å²) in [4.78, 5) is 12.5. The monoisotopic (exact) mass is 413 g/mol. The number of hydrogen-bond donors (Lipinski definition) is 2. The standard InChI is InChI=1S/C16H28FNO6S2/c1-13(2)8-7-12(19)16(9-6-11(13)16)10-25(20,21)18-15(5,17)14(3,4)26(22,23)24/h11,18H,6-10H2,1-5H3,(H,22,23,24). The van der Waals surface area contributed by atoms with Crippen molar-refractivity contribution in [3.63, 3.8) is 0 Å². The molecule has 3 unspecified atom stereocenters.